The second-order valence-electron chi connectivity index (χ2n) is 3.03. The summed E-state index contributed by atoms with van der Waals surface area (Å²) in [5.41, 5.74) is 8.09. The number of methoxy groups -OCH3 is 1. The van der Waals surface area contributed by atoms with E-state index in [0.29, 0.717) is 0 Å². The smallest absolute Gasteiger partial charge is 0.327 e. The van der Waals surface area contributed by atoms with E-state index in [1.807, 2.05) is 0 Å². The third kappa shape index (κ3) is 3.70. The number of tetrazole rings is 1. The molecule has 92 valence electrons. The van der Waals surface area contributed by atoms with Crippen LogP contribution in [0, 0.1) is 0 Å². The van der Waals surface area contributed by atoms with Crippen LogP contribution in [0.15, 0.2) is 5.11 Å². The zero-order chi connectivity index (χ0) is 12.7. The lowest BCUT2D eigenvalue weighted by atomic mass is 10.2. The van der Waals surface area contributed by atoms with Crippen LogP contribution in [0.3, 0.4) is 0 Å². The fourth-order valence-corrected chi connectivity index (χ4v) is 1.10. The Labute approximate surface area is 95.8 Å². The number of ether oxygens (including phenoxy) is 1. The van der Waals surface area contributed by atoms with Gasteiger partial charge in [0, 0.05) is 11.5 Å². The number of rotatable bonds is 6. The number of aliphatic hydroxyl groups is 1. The summed E-state index contributed by atoms with van der Waals surface area (Å²) in [6, 6.07) is 0. The molecule has 1 rings (SSSR count). The van der Waals surface area contributed by atoms with Crippen LogP contribution < -0.4 is 0 Å². The van der Waals surface area contributed by atoms with Gasteiger partial charge in [-0.25, -0.2) is 4.68 Å². The van der Waals surface area contributed by atoms with Gasteiger partial charge in [0.25, 0.3) is 0 Å². The molecule has 1 aromatic heterocycles. The Balaban J connectivity index is 2.66. The molecule has 0 aliphatic rings. The minimum atomic E-state index is -1.000. The van der Waals surface area contributed by atoms with E-state index in [-0.39, 0.29) is 25.3 Å². The zero-order valence-electron chi connectivity index (χ0n) is 9.09. The molecule has 10 nitrogen and oxygen atoms in total. The maximum Gasteiger partial charge on any atom is 0.327 e. The first-order valence-corrected chi connectivity index (χ1v) is 4.70. The number of hydrogen-bond acceptors (Lipinski definition) is 7. The lowest BCUT2D eigenvalue weighted by molar-refractivity contribution is -0.141. The standard InChI is InChI=1S/C7H11N7O3/c1-17-6(16)4-14-7(10-12-13-14)5(15)2-3-9-11-8/h5,15H,2-4H2,1H3/t5-/m0/s1. The Bertz CT molecular complexity index is 425. The number of nitrogens with zero attached hydrogens (tertiary/aromatic N) is 7. The van der Waals surface area contributed by atoms with Gasteiger partial charge in [-0.1, -0.05) is 5.11 Å². The monoisotopic (exact) mass is 241 g/mol. The maximum atomic E-state index is 11.0. The van der Waals surface area contributed by atoms with Crippen molar-refractivity contribution in [2.75, 3.05) is 13.7 Å². The van der Waals surface area contributed by atoms with Gasteiger partial charge in [0.15, 0.2) is 5.82 Å². The lowest BCUT2D eigenvalue weighted by Crippen LogP contribution is -2.17. The fourth-order valence-electron chi connectivity index (χ4n) is 1.10. The summed E-state index contributed by atoms with van der Waals surface area (Å²) in [6.07, 6.45) is -0.828. The lowest BCUT2D eigenvalue weighted by Gasteiger charge is -2.08. The average molecular weight is 241 g/mol. The Morgan fingerprint density at radius 3 is 3.18 bits per heavy atom. The molecule has 0 spiro atoms. The number of hydrogen-bond donors (Lipinski definition) is 1. The molecule has 1 atom stereocenters. The van der Waals surface area contributed by atoms with Gasteiger partial charge in [0.1, 0.15) is 12.6 Å². The van der Waals surface area contributed by atoms with E-state index >= 15 is 0 Å². The quantitative estimate of drug-likeness (QED) is 0.310. The van der Waals surface area contributed by atoms with Crippen molar-refractivity contribution in [3.63, 3.8) is 0 Å². The molecule has 1 heterocycles. The molecule has 17 heavy (non-hydrogen) atoms. The molecule has 0 saturated heterocycles. The number of azide groups is 1. The third-order valence-corrected chi connectivity index (χ3v) is 1.93. The molecular weight excluding hydrogens is 230 g/mol. The van der Waals surface area contributed by atoms with Gasteiger partial charge in [-0.3, -0.25) is 4.79 Å². The van der Waals surface area contributed by atoms with Gasteiger partial charge in [-0.05, 0) is 22.4 Å². The molecule has 0 unspecified atom stereocenters. The van der Waals surface area contributed by atoms with Gasteiger partial charge in [0.05, 0.1) is 7.11 Å². The van der Waals surface area contributed by atoms with E-state index in [9.17, 15) is 9.90 Å². The van der Waals surface area contributed by atoms with Gasteiger partial charge >= 0.3 is 5.97 Å². The first-order chi connectivity index (χ1) is 8.19. The highest BCUT2D eigenvalue weighted by molar-refractivity contribution is 5.68. The Morgan fingerprint density at radius 2 is 2.53 bits per heavy atom. The van der Waals surface area contributed by atoms with Crippen LogP contribution in [-0.4, -0.2) is 44.9 Å². The first-order valence-electron chi connectivity index (χ1n) is 4.70. The van der Waals surface area contributed by atoms with E-state index in [2.05, 4.69) is 30.3 Å². The van der Waals surface area contributed by atoms with Gasteiger partial charge < -0.3 is 9.84 Å². The van der Waals surface area contributed by atoms with Crippen LogP contribution in [0.4, 0.5) is 0 Å². The molecular formula is C7H11N7O3. The summed E-state index contributed by atoms with van der Waals surface area (Å²) in [6.45, 7) is -0.0693. The highest BCUT2D eigenvalue weighted by atomic mass is 16.5. The molecule has 0 aliphatic heterocycles. The summed E-state index contributed by atoms with van der Waals surface area (Å²) in [7, 11) is 1.24. The van der Waals surface area contributed by atoms with Crippen molar-refractivity contribution >= 4 is 5.97 Å². The molecule has 0 aliphatic carbocycles. The average Bonchev–Trinajstić information content (AvgIpc) is 2.77. The second-order valence-corrected chi connectivity index (χ2v) is 3.03. The summed E-state index contributed by atoms with van der Waals surface area (Å²) in [4.78, 5) is 13.6. The van der Waals surface area contributed by atoms with Crippen molar-refractivity contribution in [3.8, 4) is 0 Å². The van der Waals surface area contributed by atoms with Crippen molar-refractivity contribution in [2.24, 2.45) is 5.11 Å². The molecule has 0 fully saturated rings. The summed E-state index contributed by atoms with van der Waals surface area (Å²) in [5.74, 6) is -0.399. The topological polar surface area (TPSA) is 139 Å². The van der Waals surface area contributed by atoms with Crippen molar-refractivity contribution in [3.05, 3.63) is 16.3 Å². The predicted molar refractivity (Wildman–Crippen MR) is 53.4 cm³/mol. The molecule has 1 aromatic rings. The number of carbonyl (C=O) groups excluding carboxylic acids is 1. The minimum absolute atomic E-state index is 0.114. The normalized spacial score (nSPS) is 11.6. The predicted octanol–water partition coefficient (Wildman–Crippen LogP) is -0.420. The molecule has 0 saturated carbocycles. The molecule has 0 aromatic carbocycles. The molecule has 10 heteroatoms. The zero-order valence-corrected chi connectivity index (χ0v) is 9.09. The summed E-state index contributed by atoms with van der Waals surface area (Å²) < 4.78 is 5.58. The largest absolute Gasteiger partial charge is 0.468 e. The maximum absolute atomic E-state index is 11.0. The van der Waals surface area contributed by atoms with Gasteiger partial charge in [-0.15, -0.1) is 5.10 Å². The SMILES string of the molecule is COC(=O)Cn1nnnc1[C@@H](O)CCN=[N+]=[N-]. The van der Waals surface area contributed by atoms with Crippen molar-refractivity contribution < 1.29 is 14.6 Å². The van der Waals surface area contributed by atoms with Crippen LogP contribution in [0.5, 0.6) is 0 Å². The van der Waals surface area contributed by atoms with Crippen LogP contribution in [0.1, 0.15) is 18.3 Å². The Hall–Kier alpha value is -2.19. The minimum Gasteiger partial charge on any atom is -0.468 e. The molecule has 0 radical (unpaired) electrons. The molecule has 0 bridgehead atoms. The van der Waals surface area contributed by atoms with Crippen LogP contribution in [0.2, 0.25) is 0 Å². The van der Waals surface area contributed by atoms with Gasteiger partial charge in [0.2, 0.25) is 0 Å². The van der Waals surface area contributed by atoms with Crippen LogP contribution in [0.25, 0.3) is 10.4 Å². The van der Waals surface area contributed by atoms with Crippen molar-refractivity contribution in [2.45, 2.75) is 19.1 Å². The van der Waals surface area contributed by atoms with Gasteiger partial charge in [-0.2, -0.15) is 0 Å². The number of aliphatic hydroxyl groups excluding tert-OH is 1. The van der Waals surface area contributed by atoms with E-state index in [1.165, 1.54) is 7.11 Å². The van der Waals surface area contributed by atoms with E-state index in [4.69, 9.17) is 5.53 Å². The fraction of sp³-hybridized carbons (Fsp3) is 0.714. The van der Waals surface area contributed by atoms with E-state index in [0.717, 1.165) is 4.68 Å². The molecule has 1 N–H and O–H groups in total. The van der Waals surface area contributed by atoms with E-state index < -0.39 is 12.1 Å². The Morgan fingerprint density at radius 1 is 1.76 bits per heavy atom. The summed E-state index contributed by atoms with van der Waals surface area (Å²) in [5, 5.41) is 23.5. The Kier molecular flexibility index (Phi) is 4.85. The number of carbonyl (C=O) groups is 1. The van der Waals surface area contributed by atoms with Crippen molar-refractivity contribution in [1.82, 2.24) is 20.2 Å². The second kappa shape index (κ2) is 6.40. The first kappa shape index (κ1) is 12.9. The number of aromatic nitrogens is 4. The number of esters is 1. The molecule has 0 amide bonds. The highest BCUT2D eigenvalue weighted by Crippen LogP contribution is 2.12. The van der Waals surface area contributed by atoms with Crippen LogP contribution in [-0.2, 0) is 16.1 Å². The van der Waals surface area contributed by atoms with Crippen LogP contribution >= 0.6 is 0 Å². The highest BCUT2D eigenvalue weighted by Gasteiger charge is 2.17. The third-order valence-electron chi connectivity index (χ3n) is 1.93. The van der Waals surface area contributed by atoms with Crippen molar-refractivity contribution in [1.29, 1.82) is 0 Å². The summed E-state index contributed by atoms with van der Waals surface area (Å²) >= 11 is 0. The van der Waals surface area contributed by atoms with E-state index in [1.54, 1.807) is 0 Å².